The van der Waals surface area contributed by atoms with Crippen molar-refractivity contribution in [3.05, 3.63) is 41.5 Å². The average Bonchev–Trinajstić information content (AvgIpc) is 2.94. The highest BCUT2D eigenvalue weighted by Gasteiger charge is 2.38. The Morgan fingerprint density at radius 3 is 2.70 bits per heavy atom. The topological polar surface area (TPSA) is 105 Å². The summed E-state index contributed by atoms with van der Waals surface area (Å²) in [6.07, 6.45) is 1.53. The van der Waals surface area contributed by atoms with Gasteiger partial charge in [-0.05, 0) is 61.2 Å². The van der Waals surface area contributed by atoms with Crippen LogP contribution in [0, 0.1) is 0 Å². The Bertz CT molecular complexity index is 1160. The predicted molar refractivity (Wildman–Crippen MR) is 114 cm³/mol. The van der Waals surface area contributed by atoms with Gasteiger partial charge in [0.15, 0.2) is 0 Å². The fourth-order valence-corrected chi connectivity index (χ4v) is 5.24. The van der Waals surface area contributed by atoms with Crippen molar-refractivity contribution in [2.45, 2.75) is 37.5 Å². The van der Waals surface area contributed by atoms with E-state index < -0.39 is 10.0 Å². The van der Waals surface area contributed by atoms with Gasteiger partial charge < -0.3 is 15.0 Å². The first-order valence-electron chi connectivity index (χ1n) is 9.68. The number of nitrogens with one attached hydrogen (secondary N) is 2. The zero-order chi connectivity index (χ0) is 21.6. The number of aryl methyl sites for hydroxylation is 1. The number of sulfonamides is 1. The zero-order valence-electron chi connectivity index (χ0n) is 17.0. The standard InChI is InChI=1S/C21H23N3O5S/c1-12-17-11-16(9-14-5-4-8-24(20(14)17)21(12)26)30(27,28)23-18-10-15(22-13(2)25)6-7-19(18)29-3/h6-7,9-12,23H,4-5,8H2,1-3H3,(H,22,25)/t12-/m1/s1. The highest BCUT2D eigenvalue weighted by molar-refractivity contribution is 7.92. The summed E-state index contributed by atoms with van der Waals surface area (Å²) in [4.78, 5) is 25.8. The molecule has 2 aromatic carbocycles. The fourth-order valence-electron chi connectivity index (χ4n) is 4.09. The third-order valence-corrected chi connectivity index (χ3v) is 6.81. The molecule has 2 aliphatic rings. The number of carbonyl (C=O) groups excluding carboxylic acids is 2. The van der Waals surface area contributed by atoms with E-state index in [2.05, 4.69) is 10.0 Å². The molecule has 1 atom stereocenters. The normalized spacial score (nSPS) is 17.5. The molecular formula is C21H23N3O5S. The lowest BCUT2D eigenvalue weighted by Gasteiger charge is -2.26. The van der Waals surface area contributed by atoms with Crippen LogP contribution in [0.15, 0.2) is 35.2 Å². The molecular weight excluding hydrogens is 406 g/mol. The van der Waals surface area contributed by atoms with Crippen LogP contribution in [-0.2, 0) is 26.0 Å². The Morgan fingerprint density at radius 1 is 1.23 bits per heavy atom. The van der Waals surface area contributed by atoms with Crippen molar-refractivity contribution in [2.75, 3.05) is 28.6 Å². The van der Waals surface area contributed by atoms with E-state index in [9.17, 15) is 18.0 Å². The first-order chi connectivity index (χ1) is 14.2. The maximum Gasteiger partial charge on any atom is 0.262 e. The van der Waals surface area contributed by atoms with Crippen LogP contribution in [0.5, 0.6) is 5.75 Å². The van der Waals surface area contributed by atoms with Crippen molar-refractivity contribution >= 4 is 38.9 Å². The maximum absolute atomic E-state index is 13.2. The number of rotatable bonds is 5. The molecule has 30 heavy (non-hydrogen) atoms. The van der Waals surface area contributed by atoms with E-state index in [0.29, 0.717) is 18.0 Å². The minimum atomic E-state index is -3.95. The van der Waals surface area contributed by atoms with E-state index >= 15 is 0 Å². The van der Waals surface area contributed by atoms with Gasteiger partial charge in [0, 0.05) is 19.2 Å². The number of ether oxygens (including phenoxy) is 1. The van der Waals surface area contributed by atoms with Gasteiger partial charge in [0.25, 0.3) is 10.0 Å². The second-order valence-corrected chi connectivity index (χ2v) is 9.22. The summed E-state index contributed by atoms with van der Waals surface area (Å²) >= 11 is 0. The molecule has 158 valence electrons. The molecule has 2 heterocycles. The van der Waals surface area contributed by atoms with E-state index in [1.165, 1.54) is 20.1 Å². The highest BCUT2D eigenvalue weighted by Crippen LogP contribution is 2.44. The monoisotopic (exact) mass is 429 g/mol. The molecule has 2 aromatic rings. The summed E-state index contributed by atoms with van der Waals surface area (Å²) in [7, 11) is -2.52. The van der Waals surface area contributed by atoms with Crippen molar-refractivity contribution in [1.29, 1.82) is 0 Å². The number of nitrogens with zero attached hydrogens (tertiary/aromatic N) is 1. The van der Waals surface area contributed by atoms with Crippen molar-refractivity contribution in [3.63, 3.8) is 0 Å². The second-order valence-electron chi connectivity index (χ2n) is 7.54. The number of anilines is 3. The van der Waals surface area contributed by atoms with Crippen LogP contribution in [0.4, 0.5) is 17.1 Å². The van der Waals surface area contributed by atoms with E-state index in [1.54, 1.807) is 36.1 Å². The smallest absolute Gasteiger partial charge is 0.262 e. The number of carbonyl (C=O) groups is 2. The Morgan fingerprint density at radius 2 is 2.00 bits per heavy atom. The van der Waals surface area contributed by atoms with Gasteiger partial charge in [-0.25, -0.2) is 8.42 Å². The molecule has 2 amide bonds. The van der Waals surface area contributed by atoms with Crippen LogP contribution in [0.3, 0.4) is 0 Å². The summed E-state index contributed by atoms with van der Waals surface area (Å²) < 4.78 is 34.2. The van der Waals surface area contributed by atoms with Gasteiger partial charge in [-0.3, -0.25) is 14.3 Å². The minimum Gasteiger partial charge on any atom is -0.495 e. The van der Waals surface area contributed by atoms with Gasteiger partial charge in [0.05, 0.1) is 29.3 Å². The molecule has 0 saturated heterocycles. The summed E-state index contributed by atoms with van der Waals surface area (Å²) in [5.74, 6) is -0.303. The molecule has 0 radical (unpaired) electrons. The molecule has 0 saturated carbocycles. The number of methoxy groups -OCH3 is 1. The molecule has 0 spiro atoms. The Kier molecular flexibility index (Phi) is 4.93. The largest absolute Gasteiger partial charge is 0.495 e. The third kappa shape index (κ3) is 3.39. The summed E-state index contributed by atoms with van der Waals surface area (Å²) in [6.45, 7) is 3.84. The lowest BCUT2D eigenvalue weighted by atomic mass is 9.97. The minimum absolute atomic E-state index is 0.0122. The fraction of sp³-hybridized carbons (Fsp3) is 0.333. The van der Waals surface area contributed by atoms with Crippen molar-refractivity contribution < 1.29 is 22.7 Å². The summed E-state index contributed by atoms with van der Waals surface area (Å²) in [6, 6.07) is 7.93. The third-order valence-electron chi connectivity index (χ3n) is 5.47. The van der Waals surface area contributed by atoms with Crippen molar-refractivity contribution in [3.8, 4) is 5.75 Å². The number of benzene rings is 2. The van der Waals surface area contributed by atoms with E-state index in [0.717, 1.165) is 29.7 Å². The SMILES string of the molecule is COc1ccc(NC(C)=O)cc1NS(=O)(=O)c1cc2c3c(c1)[C@@H](C)C(=O)N3CCC2. The molecule has 0 aliphatic carbocycles. The molecule has 4 rings (SSSR count). The summed E-state index contributed by atoms with van der Waals surface area (Å²) in [5.41, 5.74) is 3.14. The first kappa shape index (κ1) is 20.2. The lowest BCUT2D eigenvalue weighted by molar-refractivity contribution is -0.119. The maximum atomic E-state index is 13.2. The van der Waals surface area contributed by atoms with Crippen molar-refractivity contribution in [2.24, 2.45) is 0 Å². The van der Waals surface area contributed by atoms with Crippen molar-refractivity contribution in [1.82, 2.24) is 0 Å². The quantitative estimate of drug-likeness (QED) is 0.760. The van der Waals surface area contributed by atoms with Gasteiger partial charge in [0.2, 0.25) is 11.8 Å². The molecule has 0 bridgehead atoms. The summed E-state index contributed by atoms with van der Waals surface area (Å²) in [5, 5.41) is 2.63. The van der Waals surface area contributed by atoms with E-state index in [-0.39, 0.29) is 28.3 Å². The molecule has 0 aromatic heterocycles. The molecule has 2 aliphatic heterocycles. The van der Waals surface area contributed by atoms with Crippen LogP contribution >= 0.6 is 0 Å². The van der Waals surface area contributed by atoms with Gasteiger partial charge in [-0.1, -0.05) is 0 Å². The van der Waals surface area contributed by atoms with Gasteiger partial charge in [-0.15, -0.1) is 0 Å². The number of hydrogen-bond donors (Lipinski definition) is 2. The Labute approximate surface area is 175 Å². The molecule has 8 nitrogen and oxygen atoms in total. The number of amides is 2. The van der Waals surface area contributed by atoms with E-state index in [4.69, 9.17) is 4.74 Å². The van der Waals surface area contributed by atoms with Crippen LogP contribution in [0.25, 0.3) is 0 Å². The molecule has 0 fully saturated rings. The van der Waals surface area contributed by atoms with Crippen LogP contribution in [0.1, 0.15) is 37.3 Å². The predicted octanol–water partition coefficient (Wildman–Crippen LogP) is 2.85. The molecule has 0 unspecified atom stereocenters. The number of hydrogen-bond acceptors (Lipinski definition) is 5. The van der Waals surface area contributed by atoms with Gasteiger partial charge >= 0.3 is 0 Å². The lowest BCUT2D eigenvalue weighted by Crippen LogP contribution is -2.32. The Balaban J connectivity index is 1.74. The Hall–Kier alpha value is -3.07. The zero-order valence-corrected chi connectivity index (χ0v) is 17.8. The average molecular weight is 429 g/mol. The first-order valence-corrected chi connectivity index (χ1v) is 11.2. The second kappa shape index (κ2) is 7.32. The highest BCUT2D eigenvalue weighted by atomic mass is 32.2. The van der Waals surface area contributed by atoms with Crippen LogP contribution < -0.4 is 19.7 Å². The molecule has 2 N–H and O–H groups in total. The van der Waals surface area contributed by atoms with E-state index in [1.807, 2.05) is 0 Å². The van der Waals surface area contributed by atoms with Crippen LogP contribution in [0.2, 0.25) is 0 Å². The molecule has 9 heteroatoms. The van der Waals surface area contributed by atoms with Gasteiger partial charge in [0.1, 0.15) is 5.75 Å². The van der Waals surface area contributed by atoms with Crippen LogP contribution in [-0.4, -0.2) is 33.9 Å². The van der Waals surface area contributed by atoms with Gasteiger partial charge in [-0.2, -0.15) is 0 Å².